The highest BCUT2D eigenvalue weighted by Crippen LogP contribution is 2.31. The standard InChI is InChI=1S/C13H22N4O/c1-10-14-11(9-13(15-10)16(2)3)12-5-4-6-17(12)7-8-18/h9,12,18H,4-8H2,1-3H3/t12-/m1/s1. The van der Waals surface area contributed by atoms with Crippen LogP contribution in [0.5, 0.6) is 0 Å². The molecule has 0 spiro atoms. The lowest BCUT2D eigenvalue weighted by atomic mass is 10.1. The number of likely N-dealkylation sites (tertiary alicyclic amines) is 1. The predicted molar refractivity (Wildman–Crippen MR) is 71.7 cm³/mol. The number of hydrogen-bond donors (Lipinski definition) is 1. The van der Waals surface area contributed by atoms with Crippen molar-refractivity contribution in [3.63, 3.8) is 0 Å². The molecule has 0 aromatic carbocycles. The van der Waals surface area contributed by atoms with Crippen LogP contribution in [0, 0.1) is 6.92 Å². The van der Waals surface area contributed by atoms with Gasteiger partial charge >= 0.3 is 0 Å². The van der Waals surface area contributed by atoms with Crippen molar-refractivity contribution < 1.29 is 5.11 Å². The van der Waals surface area contributed by atoms with Gasteiger partial charge in [-0.05, 0) is 26.3 Å². The van der Waals surface area contributed by atoms with Crippen molar-refractivity contribution in [2.75, 3.05) is 38.7 Å². The Balaban J connectivity index is 2.26. The van der Waals surface area contributed by atoms with E-state index in [0.717, 1.165) is 36.8 Å². The van der Waals surface area contributed by atoms with E-state index in [1.165, 1.54) is 6.42 Å². The molecule has 1 atom stereocenters. The van der Waals surface area contributed by atoms with Crippen LogP contribution < -0.4 is 4.90 Å². The van der Waals surface area contributed by atoms with Crippen LogP contribution in [0.2, 0.25) is 0 Å². The maximum absolute atomic E-state index is 9.11. The normalized spacial score (nSPS) is 20.3. The zero-order chi connectivity index (χ0) is 13.1. The Bertz CT molecular complexity index is 408. The number of aliphatic hydroxyl groups is 1. The van der Waals surface area contributed by atoms with E-state index in [4.69, 9.17) is 5.11 Å². The molecule has 100 valence electrons. The number of β-amino-alcohol motifs (C(OH)–C–C–N with tert-alkyl or cyclic N) is 1. The second kappa shape index (κ2) is 5.63. The Morgan fingerprint density at radius 3 is 2.89 bits per heavy atom. The summed E-state index contributed by atoms with van der Waals surface area (Å²) >= 11 is 0. The van der Waals surface area contributed by atoms with Gasteiger partial charge in [0.25, 0.3) is 0 Å². The number of aryl methyl sites for hydroxylation is 1. The Hall–Kier alpha value is -1.20. The van der Waals surface area contributed by atoms with E-state index >= 15 is 0 Å². The largest absolute Gasteiger partial charge is 0.395 e. The topological polar surface area (TPSA) is 52.5 Å². The number of nitrogens with zero attached hydrogens (tertiary/aromatic N) is 4. The molecule has 1 aliphatic heterocycles. The lowest BCUT2D eigenvalue weighted by Crippen LogP contribution is -2.27. The third-order valence-corrected chi connectivity index (χ3v) is 3.39. The van der Waals surface area contributed by atoms with Crippen molar-refractivity contribution in [2.24, 2.45) is 0 Å². The van der Waals surface area contributed by atoms with Gasteiger partial charge in [-0.1, -0.05) is 0 Å². The van der Waals surface area contributed by atoms with E-state index in [1.54, 1.807) is 0 Å². The average Bonchev–Trinajstić information content (AvgIpc) is 2.77. The second-order valence-electron chi connectivity index (χ2n) is 5.01. The fourth-order valence-corrected chi connectivity index (χ4v) is 2.53. The van der Waals surface area contributed by atoms with Crippen molar-refractivity contribution >= 4 is 5.82 Å². The molecule has 1 aliphatic rings. The molecule has 2 rings (SSSR count). The van der Waals surface area contributed by atoms with E-state index in [0.29, 0.717) is 6.04 Å². The molecule has 1 aromatic heterocycles. The summed E-state index contributed by atoms with van der Waals surface area (Å²) in [5, 5.41) is 9.11. The zero-order valence-corrected chi connectivity index (χ0v) is 11.4. The maximum Gasteiger partial charge on any atom is 0.132 e. The Kier molecular flexibility index (Phi) is 4.14. The summed E-state index contributed by atoms with van der Waals surface area (Å²) in [5.74, 6) is 1.76. The summed E-state index contributed by atoms with van der Waals surface area (Å²) in [7, 11) is 3.98. The van der Waals surface area contributed by atoms with E-state index in [9.17, 15) is 0 Å². The number of aromatic nitrogens is 2. The van der Waals surface area contributed by atoms with Crippen LogP contribution in [0.4, 0.5) is 5.82 Å². The molecule has 1 N–H and O–H groups in total. The minimum Gasteiger partial charge on any atom is -0.395 e. The van der Waals surface area contributed by atoms with E-state index < -0.39 is 0 Å². The van der Waals surface area contributed by atoms with Crippen molar-refractivity contribution in [3.05, 3.63) is 17.6 Å². The smallest absolute Gasteiger partial charge is 0.132 e. The second-order valence-corrected chi connectivity index (χ2v) is 5.01. The zero-order valence-electron chi connectivity index (χ0n) is 11.4. The van der Waals surface area contributed by atoms with Gasteiger partial charge in [0.1, 0.15) is 11.6 Å². The van der Waals surface area contributed by atoms with Crippen LogP contribution in [0.1, 0.15) is 30.4 Å². The summed E-state index contributed by atoms with van der Waals surface area (Å²) in [5.41, 5.74) is 1.08. The first-order valence-corrected chi connectivity index (χ1v) is 6.49. The molecule has 5 nitrogen and oxygen atoms in total. The number of hydrogen-bond acceptors (Lipinski definition) is 5. The monoisotopic (exact) mass is 250 g/mol. The summed E-state index contributed by atoms with van der Waals surface area (Å²) in [6.45, 7) is 3.92. The average molecular weight is 250 g/mol. The summed E-state index contributed by atoms with van der Waals surface area (Å²) < 4.78 is 0. The van der Waals surface area contributed by atoms with Crippen LogP contribution in [0.15, 0.2) is 6.07 Å². The highest BCUT2D eigenvalue weighted by atomic mass is 16.3. The van der Waals surface area contributed by atoms with Crippen LogP contribution >= 0.6 is 0 Å². The van der Waals surface area contributed by atoms with E-state index in [-0.39, 0.29) is 6.61 Å². The van der Waals surface area contributed by atoms with Gasteiger partial charge in [0.2, 0.25) is 0 Å². The molecule has 2 heterocycles. The highest BCUT2D eigenvalue weighted by Gasteiger charge is 2.27. The lowest BCUT2D eigenvalue weighted by molar-refractivity contribution is 0.183. The highest BCUT2D eigenvalue weighted by molar-refractivity contribution is 5.38. The molecule has 1 fully saturated rings. The lowest BCUT2D eigenvalue weighted by Gasteiger charge is -2.24. The van der Waals surface area contributed by atoms with Crippen LogP contribution in [0.25, 0.3) is 0 Å². The molecule has 1 saturated heterocycles. The SMILES string of the molecule is Cc1nc([C@H]2CCCN2CCO)cc(N(C)C)n1. The van der Waals surface area contributed by atoms with Crippen LogP contribution in [-0.4, -0.2) is 53.8 Å². The molecule has 0 amide bonds. The molecule has 0 unspecified atom stereocenters. The first kappa shape index (κ1) is 13.2. The summed E-state index contributed by atoms with van der Waals surface area (Å²) in [6, 6.07) is 2.39. The molecule has 18 heavy (non-hydrogen) atoms. The molecule has 0 aliphatic carbocycles. The van der Waals surface area contributed by atoms with Gasteiger partial charge in [-0.15, -0.1) is 0 Å². The van der Waals surface area contributed by atoms with Crippen LogP contribution in [-0.2, 0) is 0 Å². The van der Waals surface area contributed by atoms with Gasteiger partial charge in [-0.25, -0.2) is 9.97 Å². The Morgan fingerprint density at radius 2 is 2.22 bits per heavy atom. The van der Waals surface area contributed by atoms with E-state index in [1.807, 2.05) is 25.9 Å². The number of rotatable bonds is 4. The molecule has 0 saturated carbocycles. The molecule has 5 heteroatoms. The number of anilines is 1. The fraction of sp³-hybridized carbons (Fsp3) is 0.692. The van der Waals surface area contributed by atoms with Gasteiger partial charge in [0.05, 0.1) is 18.3 Å². The molecule has 1 aromatic rings. The number of aliphatic hydroxyl groups excluding tert-OH is 1. The molecular weight excluding hydrogens is 228 g/mol. The predicted octanol–water partition coefficient (Wildman–Crippen LogP) is 0.980. The van der Waals surface area contributed by atoms with Crippen molar-refractivity contribution in [1.29, 1.82) is 0 Å². The van der Waals surface area contributed by atoms with Crippen LogP contribution in [0.3, 0.4) is 0 Å². The quantitative estimate of drug-likeness (QED) is 0.863. The van der Waals surface area contributed by atoms with Gasteiger partial charge < -0.3 is 10.0 Å². The van der Waals surface area contributed by atoms with Gasteiger partial charge in [0.15, 0.2) is 0 Å². The Morgan fingerprint density at radius 1 is 1.44 bits per heavy atom. The van der Waals surface area contributed by atoms with Crippen molar-refractivity contribution in [2.45, 2.75) is 25.8 Å². The van der Waals surface area contributed by atoms with E-state index in [2.05, 4.69) is 20.9 Å². The van der Waals surface area contributed by atoms with Gasteiger partial charge in [-0.3, -0.25) is 4.90 Å². The van der Waals surface area contributed by atoms with Gasteiger partial charge in [-0.2, -0.15) is 0 Å². The molecular formula is C13H22N4O. The molecule has 0 bridgehead atoms. The van der Waals surface area contributed by atoms with Gasteiger partial charge in [0, 0.05) is 26.7 Å². The first-order chi connectivity index (χ1) is 8.61. The third-order valence-electron chi connectivity index (χ3n) is 3.39. The fourth-order valence-electron chi connectivity index (χ4n) is 2.53. The Labute approximate surface area is 108 Å². The summed E-state index contributed by atoms with van der Waals surface area (Å²) in [6.07, 6.45) is 2.29. The van der Waals surface area contributed by atoms with Crippen molar-refractivity contribution in [3.8, 4) is 0 Å². The first-order valence-electron chi connectivity index (χ1n) is 6.49. The third kappa shape index (κ3) is 2.79. The maximum atomic E-state index is 9.11. The summed E-state index contributed by atoms with van der Waals surface area (Å²) in [4.78, 5) is 13.3. The minimum absolute atomic E-state index is 0.209. The molecule has 0 radical (unpaired) electrons. The minimum atomic E-state index is 0.209. The van der Waals surface area contributed by atoms with Crippen molar-refractivity contribution in [1.82, 2.24) is 14.9 Å².